The summed E-state index contributed by atoms with van der Waals surface area (Å²) in [5, 5.41) is 10.1. The zero-order chi connectivity index (χ0) is 56.0. The van der Waals surface area contributed by atoms with Crippen LogP contribution in [0.25, 0.3) is 11.1 Å². The van der Waals surface area contributed by atoms with Crippen LogP contribution in [-0.2, 0) is 39.9 Å². The Balaban J connectivity index is 0.687. The third-order valence-corrected chi connectivity index (χ3v) is 20.1. The largest absolute Gasteiger partial charge is 0.543 e. The zero-order valence-electron chi connectivity index (χ0n) is 44.9. The van der Waals surface area contributed by atoms with Crippen LogP contribution in [0.5, 0.6) is 5.75 Å². The van der Waals surface area contributed by atoms with Crippen LogP contribution in [0.3, 0.4) is 0 Å². The summed E-state index contributed by atoms with van der Waals surface area (Å²) >= 11 is 1.24. The smallest absolute Gasteiger partial charge is 0.264 e. The number of rotatable bonds is 22. The summed E-state index contributed by atoms with van der Waals surface area (Å²) < 4.78 is 38.8. The number of thiazole rings is 1. The molecule has 1 aromatic heterocycles. The molecule has 7 amide bonds. The van der Waals surface area contributed by atoms with Gasteiger partial charge in [0.1, 0.15) is 23.7 Å². The maximum atomic E-state index is 15.2. The van der Waals surface area contributed by atoms with Crippen LogP contribution >= 0.6 is 11.3 Å². The van der Waals surface area contributed by atoms with Crippen molar-refractivity contribution in [1.82, 2.24) is 25.0 Å². The van der Waals surface area contributed by atoms with Crippen LogP contribution in [0.4, 0.5) is 20.9 Å². The number of amides is 7. The lowest BCUT2D eigenvalue weighted by atomic mass is 10.00. The van der Waals surface area contributed by atoms with Gasteiger partial charge in [-0.1, -0.05) is 51.1 Å². The molecule has 2 unspecified atom stereocenters. The lowest BCUT2D eigenvalue weighted by Crippen LogP contribution is -2.54. The van der Waals surface area contributed by atoms with Crippen molar-refractivity contribution in [3.63, 3.8) is 0 Å². The van der Waals surface area contributed by atoms with Gasteiger partial charge in [0, 0.05) is 79.8 Å². The van der Waals surface area contributed by atoms with E-state index in [9.17, 15) is 33.6 Å². The van der Waals surface area contributed by atoms with E-state index in [0.717, 1.165) is 27.3 Å². The molecule has 5 aromatic rings. The van der Waals surface area contributed by atoms with E-state index in [-0.39, 0.29) is 66.0 Å². The maximum Gasteiger partial charge on any atom is 0.264 e. The Morgan fingerprint density at radius 1 is 0.823 bits per heavy atom. The molecule has 0 aliphatic carbocycles. The molecule has 2 atom stereocenters. The predicted molar refractivity (Wildman–Crippen MR) is 297 cm³/mol. The minimum atomic E-state index is -2.47. The van der Waals surface area contributed by atoms with Crippen molar-refractivity contribution in [3.8, 4) is 16.9 Å². The summed E-state index contributed by atoms with van der Waals surface area (Å²) in [5.41, 5.74) is 5.04. The molecule has 5 heterocycles. The minimum Gasteiger partial charge on any atom is -0.543 e. The molecule has 4 aromatic carbocycles. The van der Waals surface area contributed by atoms with E-state index in [1.54, 1.807) is 35.8 Å². The topological polar surface area (TPSA) is 218 Å². The van der Waals surface area contributed by atoms with Crippen LogP contribution in [0.15, 0.2) is 90.4 Å². The standard InChI is InChI=1S/C57H65FN8O11SSi/c1-57(2,3)79(4,5)77-46-17-13-39(58)34-43(46)50(52(70)62-56-60-21-32-78-56)65-35-38-10-9-37(33-42(38)53(65)71)36-11-14-40(15-12-36)63-22-24-64(25-23-63)48(68)19-26-74-28-30-76-31-29-75-27-20-59-44-8-6-7-41-49(44)55(73)66(54(41)72)45-16-18-47(67)61-51(45)69/h6-15,17,21,32-34,45,50,59H,16,18-20,22-31,35H2,1-5H3,(H,60,62,70)(H,61,67,69). The number of piperazine rings is 1. The van der Waals surface area contributed by atoms with E-state index < -0.39 is 55.8 Å². The number of piperidine rings is 1. The normalized spacial score (nSPS) is 17.0. The van der Waals surface area contributed by atoms with Gasteiger partial charge in [-0.2, -0.15) is 0 Å². The van der Waals surface area contributed by atoms with Crippen molar-refractivity contribution in [2.45, 2.75) is 76.8 Å². The number of benzene rings is 4. The molecule has 0 saturated carbocycles. The van der Waals surface area contributed by atoms with Gasteiger partial charge < -0.3 is 38.7 Å². The van der Waals surface area contributed by atoms with Crippen LogP contribution in [0.1, 0.15) is 88.3 Å². The zero-order valence-corrected chi connectivity index (χ0v) is 46.8. The number of carbonyl (C=O) groups is 7. The Morgan fingerprint density at radius 3 is 2.23 bits per heavy atom. The SMILES string of the molecule is CC(C)(C)[Si](C)(C)Oc1ccc(F)cc1C(C(=O)Nc1nccs1)N1Cc2ccc(-c3ccc(N4CCN(C(=O)CCOCCOCCOCCNc5cccc6c5C(=O)N(C5CCC(=O)NC5=O)C6=O)CC4)cc3)cc2C1=O. The van der Waals surface area contributed by atoms with Gasteiger partial charge in [-0.25, -0.2) is 9.37 Å². The number of nitrogens with zero attached hydrogens (tertiary/aromatic N) is 5. The fourth-order valence-electron chi connectivity index (χ4n) is 9.73. The van der Waals surface area contributed by atoms with E-state index in [1.165, 1.54) is 28.4 Å². The lowest BCUT2D eigenvalue weighted by Gasteiger charge is -2.38. The van der Waals surface area contributed by atoms with Gasteiger partial charge in [0.2, 0.25) is 26.0 Å². The first-order valence-corrected chi connectivity index (χ1v) is 30.2. The number of hydrogen-bond donors (Lipinski definition) is 3. The fourth-order valence-corrected chi connectivity index (χ4v) is 11.3. The number of fused-ring (bicyclic) bond motifs is 2. The van der Waals surface area contributed by atoms with E-state index in [1.807, 2.05) is 47.4 Å². The molecule has 0 bridgehead atoms. The van der Waals surface area contributed by atoms with Crippen LogP contribution < -0.4 is 25.3 Å². The number of hydrogen-bond acceptors (Lipinski definition) is 15. The first-order chi connectivity index (χ1) is 37.9. The second kappa shape index (κ2) is 24.3. The second-order valence-corrected chi connectivity index (χ2v) is 26.8. The molecule has 22 heteroatoms. The number of nitrogens with one attached hydrogen (secondary N) is 3. The van der Waals surface area contributed by atoms with Crippen LogP contribution in [0.2, 0.25) is 18.1 Å². The molecule has 416 valence electrons. The molecule has 79 heavy (non-hydrogen) atoms. The van der Waals surface area contributed by atoms with E-state index in [2.05, 4.69) is 59.7 Å². The molecule has 4 aliphatic heterocycles. The van der Waals surface area contributed by atoms with E-state index in [0.29, 0.717) is 87.9 Å². The summed E-state index contributed by atoms with van der Waals surface area (Å²) in [7, 11) is -2.47. The highest BCUT2D eigenvalue weighted by molar-refractivity contribution is 7.13. The molecule has 2 fully saturated rings. The summed E-state index contributed by atoms with van der Waals surface area (Å²) in [6.45, 7) is 15.2. The lowest BCUT2D eigenvalue weighted by molar-refractivity contribution is -0.136. The van der Waals surface area contributed by atoms with Crippen molar-refractivity contribution < 1.29 is 56.6 Å². The average molecular weight is 1120 g/mol. The quantitative estimate of drug-likeness (QED) is 0.0353. The Labute approximate surface area is 462 Å². The number of aromatic nitrogens is 1. The van der Waals surface area contributed by atoms with Crippen molar-refractivity contribution in [2.75, 3.05) is 87.9 Å². The molecule has 3 N–H and O–H groups in total. The third kappa shape index (κ3) is 12.7. The van der Waals surface area contributed by atoms with Gasteiger partial charge in [-0.15, -0.1) is 11.3 Å². The van der Waals surface area contributed by atoms with Crippen molar-refractivity contribution in [3.05, 3.63) is 124 Å². The number of imide groups is 2. The van der Waals surface area contributed by atoms with E-state index in [4.69, 9.17) is 18.6 Å². The maximum absolute atomic E-state index is 15.2. The van der Waals surface area contributed by atoms with Gasteiger partial charge >= 0.3 is 0 Å². The van der Waals surface area contributed by atoms with Gasteiger partial charge in [0.25, 0.3) is 23.6 Å². The van der Waals surface area contributed by atoms with Crippen molar-refractivity contribution in [2.24, 2.45) is 0 Å². The van der Waals surface area contributed by atoms with Crippen molar-refractivity contribution in [1.29, 1.82) is 0 Å². The van der Waals surface area contributed by atoms with Crippen molar-refractivity contribution >= 4 is 77.5 Å². The van der Waals surface area contributed by atoms with Crippen LogP contribution in [-0.4, -0.2) is 148 Å². The first-order valence-electron chi connectivity index (χ1n) is 26.5. The van der Waals surface area contributed by atoms with Gasteiger partial charge in [0.15, 0.2) is 5.13 Å². The van der Waals surface area contributed by atoms with Gasteiger partial charge in [-0.3, -0.25) is 49.1 Å². The number of halogens is 1. The first kappa shape index (κ1) is 56.4. The molecule has 0 radical (unpaired) electrons. The third-order valence-electron chi connectivity index (χ3n) is 15.0. The number of anilines is 3. The minimum absolute atomic E-state index is 0.0213. The molecule has 9 rings (SSSR count). The molecular formula is C57H65FN8O11SSi. The highest BCUT2D eigenvalue weighted by Crippen LogP contribution is 2.43. The Hall–Kier alpha value is -7.37. The van der Waals surface area contributed by atoms with Gasteiger partial charge in [-0.05, 0) is 89.8 Å². The highest BCUT2D eigenvalue weighted by atomic mass is 32.1. The molecule has 2 saturated heterocycles. The Bertz CT molecular complexity index is 3110. The Morgan fingerprint density at radius 2 is 1.53 bits per heavy atom. The summed E-state index contributed by atoms with van der Waals surface area (Å²) in [4.78, 5) is 103. The molecule has 19 nitrogen and oxygen atoms in total. The summed E-state index contributed by atoms with van der Waals surface area (Å²) in [6, 6.07) is 20.6. The average Bonchev–Trinajstić information content (AvgIpc) is 4.36. The fraction of sp³-hybridized carbons (Fsp3) is 0.404. The predicted octanol–water partition coefficient (Wildman–Crippen LogP) is 7.27. The number of carbonyl (C=O) groups excluding carboxylic acids is 7. The molecule has 0 spiro atoms. The second-order valence-electron chi connectivity index (χ2n) is 21.2. The summed E-state index contributed by atoms with van der Waals surface area (Å²) in [6.07, 6.45) is 1.95. The molecular weight excluding hydrogens is 1050 g/mol. The molecule has 4 aliphatic rings. The van der Waals surface area contributed by atoms with Gasteiger partial charge in [0.05, 0.1) is 57.2 Å². The highest BCUT2D eigenvalue weighted by Gasteiger charge is 2.46. The summed E-state index contributed by atoms with van der Waals surface area (Å²) in [5.74, 6) is -3.30. The monoisotopic (exact) mass is 1120 g/mol. The van der Waals surface area contributed by atoms with E-state index >= 15 is 4.39 Å². The number of ether oxygens (including phenoxy) is 3. The Kier molecular flexibility index (Phi) is 17.4. The van der Waals surface area contributed by atoms with Crippen LogP contribution in [0, 0.1) is 5.82 Å².